The van der Waals surface area contributed by atoms with E-state index in [0.29, 0.717) is 30.2 Å². The highest BCUT2D eigenvalue weighted by Crippen LogP contribution is 2.31. The first-order valence-electron chi connectivity index (χ1n) is 10.6. The Labute approximate surface area is 183 Å². The second-order valence-corrected chi connectivity index (χ2v) is 8.02. The van der Waals surface area contributed by atoms with Crippen LogP contribution in [0.15, 0.2) is 90.6 Å². The summed E-state index contributed by atoms with van der Waals surface area (Å²) in [5, 5.41) is 3.23. The maximum absolute atomic E-state index is 13.3. The lowest BCUT2D eigenvalue weighted by Gasteiger charge is -2.15. The average Bonchev–Trinajstić information content (AvgIpc) is 3.03. The van der Waals surface area contributed by atoms with Gasteiger partial charge >= 0.3 is 0 Å². The lowest BCUT2D eigenvalue weighted by molar-refractivity contribution is -0.136. The quantitative estimate of drug-likeness (QED) is 0.542. The van der Waals surface area contributed by atoms with Gasteiger partial charge in [-0.25, -0.2) is 0 Å². The zero-order valence-corrected chi connectivity index (χ0v) is 17.8. The van der Waals surface area contributed by atoms with E-state index in [1.54, 1.807) is 0 Å². The molecule has 4 rings (SSSR count). The number of imide groups is 1. The van der Waals surface area contributed by atoms with Gasteiger partial charge in [0.05, 0.1) is 5.57 Å². The van der Waals surface area contributed by atoms with Gasteiger partial charge in [0.2, 0.25) is 0 Å². The van der Waals surface area contributed by atoms with Gasteiger partial charge < -0.3 is 5.32 Å². The monoisotopic (exact) mass is 410 g/mol. The minimum absolute atomic E-state index is 0.256. The molecule has 0 saturated carbocycles. The smallest absolute Gasteiger partial charge is 0.278 e. The van der Waals surface area contributed by atoms with Crippen LogP contribution in [0.3, 0.4) is 0 Å². The molecule has 0 saturated heterocycles. The molecule has 1 N–H and O–H groups in total. The summed E-state index contributed by atoms with van der Waals surface area (Å²) in [5.74, 6) is -0.113. The van der Waals surface area contributed by atoms with Gasteiger partial charge in [0.25, 0.3) is 11.8 Å². The molecule has 2 amide bonds. The fourth-order valence-electron chi connectivity index (χ4n) is 3.75. The molecule has 0 unspecified atom stereocenters. The molecule has 4 heteroatoms. The van der Waals surface area contributed by atoms with Gasteiger partial charge in [0.15, 0.2) is 0 Å². The van der Waals surface area contributed by atoms with Gasteiger partial charge in [-0.1, -0.05) is 86.6 Å². The number of nitrogens with zero attached hydrogens (tertiary/aromatic N) is 1. The van der Waals surface area contributed by atoms with Crippen LogP contribution in [0.1, 0.15) is 36.5 Å². The van der Waals surface area contributed by atoms with Crippen LogP contribution in [-0.2, 0) is 16.0 Å². The maximum atomic E-state index is 13.3. The summed E-state index contributed by atoms with van der Waals surface area (Å²) in [6.07, 6.45) is 0.622. The number of anilines is 1. The highest BCUT2D eigenvalue weighted by atomic mass is 16.2. The number of carbonyl (C=O) groups excluding carboxylic acids is 2. The van der Waals surface area contributed by atoms with Crippen LogP contribution in [0.4, 0.5) is 5.69 Å². The second-order valence-electron chi connectivity index (χ2n) is 8.02. The summed E-state index contributed by atoms with van der Waals surface area (Å²) in [6, 6.07) is 27.3. The lowest BCUT2D eigenvalue weighted by atomic mass is 10.0. The Morgan fingerprint density at radius 3 is 2.00 bits per heavy atom. The highest BCUT2D eigenvalue weighted by Gasteiger charge is 2.38. The summed E-state index contributed by atoms with van der Waals surface area (Å²) in [7, 11) is 0. The van der Waals surface area contributed by atoms with E-state index in [4.69, 9.17) is 0 Å². The fourth-order valence-corrected chi connectivity index (χ4v) is 3.75. The van der Waals surface area contributed by atoms with E-state index in [0.717, 1.165) is 16.8 Å². The zero-order chi connectivity index (χ0) is 21.8. The molecule has 1 aliphatic rings. The largest absolute Gasteiger partial charge is 0.350 e. The minimum atomic E-state index is -0.285. The predicted molar refractivity (Wildman–Crippen MR) is 124 cm³/mol. The molecule has 1 heterocycles. The number of benzene rings is 3. The first-order valence-corrected chi connectivity index (χ1v) is 10.6. The Kier molecular flexibility index (Phi) is 5.99. The molecule has 31 heavy (non-hydrogen) atoms. The third-order valence-corrected chi connectivity index (χ3v) is 5.54. The van der Waals surface area contributed by atoms with Crippen molar-refractivity contribution < 1.29 is 9.59 Å². The van der Waals surface area contributed by atoms with E-state index < -0.39 is 0 Å². The van der Waals surface area contributed by atoms with Gasteiger partial charge in [-0.3, -0.25) is 14.5 Å². The van der Waals surface area contributed by atoms with Crippen molar-refractivity contribution in [3.05, 3.63) is 107 Å². The standard InChI is InChI=1S/C27H26N2O2/c1-19(2)21-13-15-23(16-14-21)28-25-24(22-11-7-4-8-12-22)26(30)29(27(25)31)18-17-20-9-5-3-6-10-20/h3-16,19,28H,17-18H2,1-2H3. The first-order chi connectivity index (χ1) is 15.0. The molecule has 1 aliphatic heterocycles. The van der Waals surface area contributed by atoms with E-state index in [2.05, 4.69) is 19.2 Å². The number of amides is 2. The van der Waals surface area contributed by atoms with Gasteiger partial charge in [0.1, 0.15) is 5.70 Å². The second kappa shape index (κ2) is 9.00. The van der Waals surface area contributed by atoms with Crippen molar-refractivity contribution in [1.82, 2.24) is 4.90 Å². The summed E-state index contributed by atoms with van der Waals surface area (Å²) in [6.45, 7) is 4.62. The predicted octanol–water partition coefficient (Wildman–Crippen LogP) is 5.24. The van der Waals surface area contributed by atoms with Crippen molar-refractivity contribution in [2.75, 3.05) is 11.9 Å². The van der Waals surface area contributed by atoms with Crippen LogP contribution in [0, 0.1) is 0 Å². The van der Waals surface area contributed by atoms with Crippen molar-refractivity contribution >= 4 is 23.1 Å². The molecule has 0 aliphatic carbocycles. The summed E-state index contributed by atoms with van der Waals surface area (Å²) in [4.78, 5) is 27.9. The van der Waals surface area contributed by atoms with E-state index >= 15 is 0 Å². The SMILES string of the molecule is CC(C)c1ccc(NC2=C(c3ccccc3)C(=O)N(CCc3ccccc3)C2=O)cc1. The Balaban J connectivity index is 1.63. The minimum Gasteiger partial charge on any atom is -0.350 e. The molecular weight excluding hydrogens is 384 g/mol. The lowest BCUT2D eigenvalue weighted by Crippen LogP contribution is -2.34. The third kappa shape index (κ3) is 4.43. The Morgan fingerprint density at radius 2 is 1.39 bits per heavy atom. The molecular formula is C27H26N2O2. The van der Waals surface area contributed by atoms with Gasteiger partial charge in [0, 0.05) is 12.2 Å². The number of carbonyl (C=O) groups is 2. The van der Waals surface area contributed by atoms with Crippen LogP contribution in [0.25, 0.3) is 5.57 Å². The number of rotatable bonds is 7. The average molecular weight is 411 g/mol. The molecule has 0 bridgehead atoms. The Bertz CT molecular complexity index is 1100. The normalized spacial score (nSPS) is 14.0. The summed E-state index contributed by atoms with van der Waals surface area (Å²) < 4.78 is 0. The molecule has 4 nitrogen and oxygen atoms in total. The molecule has 0 aromatic heterocycles. The third-order valence-electron chi connectivity index (χ3n) is 5.54. The van der Waals surface area contributed by atoms with Crippen LogP contribution >= 0.6 is 0 Å². The molecule has 0 radical (unpaired) electrons. The Morgan fingerprint density at radius 1 is 0.774 bits per heavy atom. The van der Waals surface area contributed by atoms with Gasteiger partial charge in [-0.15, -0.1) is 0 Å². The van der Waals surface area contributed by atoms with Crippen LogP contribution in [0.2, 0.25) is 0 Å². The van der Waals surface area contributed by atoms with Gasteiger partial charge in [-0.2, -0.15) is 0 Å². The van der Waals surface area contributed by atoms with E-state index in [9.17, 15) is 9.59 Å². The summed E-state index contributed by atoms with van der Waals surface area (Å²) in [5.41, 5.74) is 4.60. The van der Waals surface area contributed by atoms with Crippen molar-refractivity contribution in [1.29, 1.82) is 0 Å². The maximum Gasteiger partial charge on any atom is 0.278 e. The molecule has 3 aromatic carbocycles. The van der Waals surface area contributed by atoms with Crippen molar-refractivity contribution in [2.24, 2.45) is 0 Å². The van der Waals surface area contributed by atoms with E-state index in [1.165, 1.54) is 10.5 Å². The van der Waals surface area contributed by atoms with Crippen LogP contribution in [-0.4, -0.2) is 23.3 Å². The first kappa shape index (κ1) is 20.6. The molecule has 0 atom stereocenters. The fraction of sp³-hybridized carbons (Fsp3) is 0.185. The van der Waals surface area contributed by atoms with Crippen molar-refractivity contribution in [3.63, 3.8) is 0 Å². The van der Waals surface area contributed by atoms with E-state index in [-0.39, 0.29) is 11.8 Å². The van der Waals surface area contributed by atoms with Crippen LogP contribution in [0.5, 0.6) is 0 Å². The molecule has 0 fully saturated rings. The number of nitrogens with one attached hydrogen (secondary N) is 1. The Hall–Kier alpha value is -3.66. The zero-order valence-electron chi connectivity index (χ0n) is 17.8. The molecule has 156 valence electrons. The molecule has 3 aromatic rings. The van der Waals surface area contributed by atoms with Crippen molar-refractivity contribution in [3.8, 4) is 0 Å². The number of hydrogen-bond donors (Lipinski definition) is 1. The van der Waals surface area contributed by atoms with E-state index in [1.807, 2.05) is 84.9 Å². The summed E-state index contributed by atoms with van der Waals surface area (Å²) >= 11 is 0. The number of hydrogen-bond acceptors (Lipinski definition) is 3. The molecule has 0 spiro atoms. The topological polar surface area (TPSA) is 49.4 Å². The van der Waals surface area contributed by atoms with Gasteiger partial charge in [-0.05, 0) is 41.2 Å². The van der Waals surface area contributed by atoms with Crippen LogP contribution < -0.4 is 5.32 Å². The highest BCUT2D eigenvalue weighted by molar-refractivity contribution is 6.36. The van der Waals surface area contributed by atoms with Crippen molar-refractivity contribution in [2.45, 2.75) is 26.2 Å².